The van der Waals surface area contributed by atoms with E-state index in [1.807, 2.05) is 48.5 Å². The standard InChI is InChI=1S/C18H16ClN3O/c1-2-11-21(13-14-8-4-3-5-9-14)18(23)17-16(19)15-10-6-7-12-22(15)20-17/h2-10,12H,1,11,13H2. The molecule has 0 saturated heterocycles. The van der Waals surface area contributed by atoms with Gasteiger partial charge in [-0.2, -0.15) is 5.10 Å². The van der Waals surface area contributed by atoms with E-state index < -0.39 is 0 Å². The fourth-order valence-electron chi connectivity index (χ4n) is 2.43. The zero-order valence-electron chi connectivity index (χ0n) is 12.5. The van der Waals surface area contributed by atoms with E-state index in [4.69, 9.17) is 11.6 Å². The molecule has 0 radical (unpaired) electrons. The van der Waals surface area contributed by atoms with Crippen molar-refractivity contribution in [3.05, 3.63) is 83.7 Å². The minimum absolute atomic E-state index is 0.206. The minimum atomic E-state index is -0.206. The van der Waals surface area contributed by atoms with E-state index in [9.17, 15) is 4.79 Å². The van der Waals surface area contributed by atoms with Crippen LogP contribution >= 0.6 is 11.6 Å². The summed E-state index contributed by atoms with van der Waals surface area (Å²) < 4.78 is 1.62. The molecule has 2 aromatic heterocycles. The number of amides is 1. The Balaban J connectivity index is 1.93. The number of carbonyl (C=O) groups excluding carboxylic acids is 1. The number of halogens is 1. The normalized spacial score (nSPS) is 10.7. The number of fused-ring (bicyclic) bond motifs is 1. The second kappa shape index (κ2) is 6.67. The molecule has 5 heteroatoms. The average Bonchev–Trinajstić information content (AvgIpc) is 2.92. The van der Waals surface area contributed by atoms with Gasteiger partial charge in [0.1, 0.15) is 0 Å². The third kappa shape index (κ3) is 3.12. The topological polar surface area (TPSA) is 37.6 Å². The van der Waals surface area contributed by atoms with Crippen LogP contribution in [0.15, 0.2) is 67.4 Å². The number of pyridine rings is 1. The van der Waals surface area contributed by atoms with Crippen LogP contribution in [0.25, 0.3) is 5.52 Å². The van der Waals surface area contributed by atoms with Gasteiger partial charge in [-0.05, 0) is 17.7 Å². The summed E-state index contributed by atoms with van der Waals surface area (Å²) >= 11 is 6.34. The van der Waals surface area contributed by atoms with E-state index in [0.717, 1.165) is 11.1 Å². The number of rotatable bonds is 5. The van der Waals surface area contributed by atoms with Crippen molar-refractivity contribution >= 4 is 23.0 Å². The molecular weight excluding hydrogens is 310 g/mol. The van der Waals surface area contributed by atoms with Gasteiger partial charge in [0, 0.05) is 19.3 Å². The molecule has 23 heavy (non-hydrogen) atoms. The molecule has 3 rings (SSSR count). The maximum atomic E-state index is 12.8. The Kier molecular flexibility index (Phi) is 4.44. The maximum absolute atomic E-state index is 12.8. The van der Waals surface area contributed by atoms with E-state index in [1.54, 1.807) is 21.7 Å². The fraction of sp³-hybridized carbons (Fsp3) is 0.111. The Morgan fingerprint density at radius 2 is 1.96 bits per heavy atom. The van der Waals surface area contributed by atoms with Gasteiger partial charge in [0.05, 0.1) is 10.5 Å². The average molecular weight is 326 g/mol. The van der Waals surface area contributed by atoms with Crippen LogP contribution in [0.4, 0.5) is 0 Å². The molecule has 0 saturated carbocycles. The summed E-state index contributed by atoms with van der Waals surface area (Å²) in [6, 6.07) is 15.3. The summed E-state index contributed by atoms with van der Waals surface area (Å²) in [4.78, 5) is 14.5. The second-order valence-corrected chi connectivity index (χ2v) is 5.53. The lowest BCUT2D eigenvalue weighted by atomic mass is 10.2. The Labute approximate surface area is 139 Å². The highest BCUT2D eigenvalue weighted by molar-refractivity contribution is 6.36. The van der Waals surface area contributed by atoms with Crippen LogP contribution in [0.1, 0.15) is 16.1 Å². The van der Waals surface area contributed by atoms with Crippen molar-refractivity contribution in [2.45, 2.75) is 6.54 Å². The highest BCUT2D eigenvalue weighted by Crippen LogP contribution is 2.23. The van der Waals surface area contributed by atoms with Crippen LogP contribution < -0.4 is 0 Å². The molecule has 1 aromatic carbocycles. The third-order valence-electron chi connectivity index (χ3n) is 3.54. The molecule has 1 amide bonds. The fourth-order valence-corrected chi connectivity index (χ4v) is 2.70. The van der Waals surface area contributed by atoms with Gasteiger partial charge in [-0.1, -0.05) is 54.1 Å². The molecule has 0 bridgehead atoms. The van der Waals surface area contributed by atoms with E-state index in [-0.39, 0.29) is 11.6 Å². The zero-order chi connectivity index (χ0) is 16.2. The molecule has 0 unspecified atom stereocenters. The van der Waals surface area contributed by atoms with Crippen molar-refractivity contribution in [3.8, 4) is 0 Å². The number of carbonyl (C=O) groups is 1. The molecule has 0 aliphatic heterocycles. The van der Waals surface area contributed by atoms with Crippen LogP contribution in [0.3, 0.4) is 0 Å². The molecule has 0 aliphatic carbocycles. The number of hydrogen-bond acceptors (Lipinski definition) is 2. The van der Waals surface area contributed by atoms with Gasteiger partial charge in [0.2, 0.25) is 0 Å². The number of benzene rings is 1. The summed E-state index contributed by atoms with van der Waals surface area (Å²) in [5.74, 6) is -0.206. The Morgan fingerprint density at radius 1 is 1.22 bits per heavy atom. The monoisotopic (exact) mass is 325 g/mol. The van der Waals surface area contributed by atoms with E-state index in [0.29, 0.717) is 18.1 Å². The van der Waals surface area contributed by atoms with Crippen molar-refractivity contribution in [1.82, 2.24) is 14.5 Å². The molecule has 0 atom stereocenters. The van der Waals surface area contributed by atoms with Gasteiger partial charge in [0.25, 0.3) is 5.91 Å². The molecular formula is C18H16ClN3O. The van der Waals surface area contributed by atoms with E-state index in [2.05, 4.69) is 11.7 Å². The van der Waals surface area contributed by atoms with Crippen molar-refractivity contribution in [2.24, 2.45) is 0 Å². The van der Waals surface area contributed by atoms with Crippen molar-refractivity contribution in [1.29, 1.82) is 0 Å². The first-order valence-corrected chi connectivity index (χ1v) is 7.65. The van der Waals surface area contributed by atoms with Crippen molar-refractivity contribution in [2.75, 3.05) is 6.54 Å². The first kappa shape index (κ1) is 15.3. The lowest BCUT2D eigenvalue weighted by Gasteiger charge is -2.20. The zero-order valence-corrected chi connectivity index (χ0v) is 13.3. The van der Waals surface area contributed by atoms with Gasteiger partial charge in [0.15, 0.2) is 5.69 Å². The smallest absolute Gasteiger partial charge is 0.276 e. The number of aromatic nitrogens is 2. The summed E-state index contributed by atoms with van der Waals surface area (Å²) in [5, 5.41) is 4.69. The van der Waals surface area contributed by atoms with E-state index in [1.165, 1.54) is 0 Å². The first-order valence-electron chi connectivity index (χ1n) is 7.27. The van der Waals surface area contributed by atoms with Crippen molar-refractivity contribution < 1.29 is 4.79 Å². The molecule has 2 heterocycles. The molecule has 0 spiro atoms. The molecule has 0 N–H and O–H groups in total. The van der Waals surface area contributed by atoms with Crippen molar-refractivity contribution in [3.63, 3.8) is 0 Å². The van der Waals surface area contributed by atoms with Crippen LogP contribution in [-0.4, -0.2) is 27.0 Å². The Bertz CT molecular complexity index is 842. The summed E-state index contributed by atoms with van der Waals surface area (Å²) in [6.07, 6.45) is 3.47. The van der Waals surface area contributed by atoms with E-state index >= 15 is 0 Å². The van der Waals surface area contributed by atoms with Gasteiger partial charge in [-0.3, -0.25) is 4.79 Å². The van der Waals surface area contributed by atoms with Crippen LogP contribution in [0.5, 0.6) is 0 Å². The van der Waals surface area contributed by atoms with Gasteiger partial charge in [-0.25, -0.2) is 4.52 Å². The quantitative estimate of drug-likeness (QED) is 0.669. The lowest BCUT2D eigenvalue weighted by Crippen LogP contribution is -2.31. The highest BCUT2D eigenvalue weighted by Gasteiger charge is 2.22. The third-order valence-corrected chi connectivity index (χ3v) is 3.91. The number of hydrogen-bond donors (Lipinski definition) is 0. The Hall–Kier alpha value is -2.59. The van der Waals surface area contributed by atoms with Gasteiger partial charge >= 0.3 is 0 Å². The van der Waals surface area contributed by atoms with Crippen LogP contribution in [0, 0.1) is 0 Å². The molecule has 3 aromatic rings. The Morgan fingerprint density at radius 3 is 2.65 bits per heavy atom. The molecule has 4 nitrogen and oxygen atoms in total. The van der Waals surface area contributed by atoms with Gasteiger partial charge < -0.3 is 4.90 Å². The van der Waals surface area contributed by atoms with Gasteiger partial charge in [-0.15, -0.1) is 6.58 Å². The summed E-state index contributed by atoms with van der Waals surface area (Å²) in [5.41, 5.74) is 2.02. The predicted molar refractivity (Wildman–Crippen MR) is 91.6 cm³/mol. The number of nitrogens with zero attached hydrogens (tertiary/aromatic N) is 3. The maximum Gasteiger partial charge on any atom is 0.276 e. The predicted octanol–water partition coefficient (Wildman–Crippen LogP) is 3.82. The minimum Gasteiger partial charge on any atom is -0.329 e. The highest BCUT2D eigenvalue weighted by atomic mass is 35.5. The molecule has 0 aliphatic rings. The lowest BCUT2D eigenvalue weighted by molar-refractivity contribution is 0.0756. The van der Waals surface area contributed by atoms with Crippen LogP contribution in [-0.2, 0) is 6.54 Å². The second-order valence-electron chi connectivity index (χ2n) is 5.15. The first-order chi connectivity index (χ1) is 11.2. The van der Waals surface area contributed by atoms with Crippen LogP contribution in [0.2, 0.25) is 5.02 Å². The molecule has 116 valence electrons. The summed E-state index contributed by atoms with van der Waals surface area (Å²) in [7, 11) is 0. The summed E-state index contributed by atoms with van der Waals surface area (Å²) in [6.45, 7) is 4.64. The largest absolute Gasteiger partial charge is 0.329 e. The SMILES string of the molecule is C=CCN(Cc1ccccc1)C(=O)c1nn2ccccc2c1Cl. The molecule has 0 fully saturated rings.